The van der Waals surface area contributed by atoms with E-state index in [1.807, 2.05) is 0 Å². The molecule has 1 atom stereocenters. The van der Waals surface area contributed by atoms with Crippen molar-refractivity contribution in [1.29, 1.82) is 0 Å². The van der Waals surface area contributed by atoms with Crippen LogP contribution in [0.4, 0.5) is 18.9 Å². The fourth-order valence-electron chi connectivity index (χ4n) is 2.02. The number of nitrogens with zero attached hydrogens (tertiary/aromatic N) is 1. The topological polar surface area (TPSA) is 3.24 Å². The van der Waals surface area contributed by atoms with Gasteiger partial charge in [0.15, 0.2) is 0 Å². The van der Waals surface area contributed by atoms with Gasteiger partial charge in [-0.2, -0.15) is 13.2 Å². The molecule has 0 spiro atoms. The van der Waals surface area contributed by atoms with Crippen molar-refractivity contribution >= 4 is 21.6 Å². The Morgan fingerprint density at radius 2 is 1.76 bits per heavy atom. The van der Waals surface area contributed by atoms with E-state index in [2.05, 4.69) is 20.8 Å². The average molecular weight is 308 g/mol. The Morgan fingerprint density at radius 3 is 2.29 bits per heavy atom. The van der Waals surface area contributed by atoms with Crippen LogP contribution in [-0.2, 0) is 6.18 Å². The first-order chi connectivity index (χ1) is 7.98. The Morgan fingerprint density at radius 1 is 1.12 bits per heavy atom. The Labute approximate surface area is 107 Å². The zero-order valence-electron chi connectivity index (χ0n) is 9.17. The van der Waals surface area contributed by atoms with E-state index < -0.39 is 11.7 Å². The largest absolute Gasteiger partial charge is 0.416 e. The van der Waals surface area contributed by atoms with Gasteiger partial charge < -0.3 is 4.90 Å². The molecule has 1 aliphatic rings. The van der Waals surface area contributed by atoms with Crippen LogP contribution in [0.5, 0.6) is 0 Å². The predicted octanol–water partition coefficient (Wildman–Crippen LogP) is 4.42. The Bertz CT molecular complexity index is 374. The van der Waals surface area contributed by atoms with E-state index in [9.17, 15) is 13.2 Å². The summed E-state index contributed by atoms with van der Waals surface area (Å²) in [7, 11) is 0. The van der Waals surface area contributed by atoms with E-state index in [1.54, 1.807) is 12.1 Å². The monoisotopic (exact) mass is 307 g/mol. The Hall–Kier alpha value is -0.710. The van der Waals surface area contributed by atoms with Gasteiger partial charge in [-0.3, -0.25) is 0 Å². The molecule has 1 aliphatic heterocycles. The number of hydrogen-bond donors (Lipinski definition) is 0. The molecular weight excluding hydrogens is 295 g/mol. The molecule has 2 rings (SSSR count). The van der Waals surface area contributed by atoms with Gasteiger partial charge in [0.1, 0.15) is 0 Å². The highest BCUT2D eigenvalue weighted by Gasteiger charge is 2.30. The summed E-state index contributed by atoms with van der Waals surface area (Å²) in [6, 6.07) is 5.37. The van der Waals surface area contributed by atoms with E-state index in [4.69, 9.17) is 0 Å². The van der Waals surface area contributed by atoms with E-state index in [1.165, 1.54) is 0 Å². The second-order valence-corrected chi connectivity index (χ2v) is 5.23. The Balaban J connectivity index is 2.17. The molecule has 0 amide bonds. The Kier molecular flexibility index (Phi) is 3.66. The summed E-state index contributed by atoms with van der Waals surface area (Å²) in [5, 5.41) is 0. The van der Waals surface area contributed by atoms with Crippen LogP contribution in [0, 0.1) is 0 Å². The lowest BCUT2D eigenvalue weighted by molar-refractivity contribution is -0.137. The first-order valence-corrected chi connectivity index (χ1v) is 6.48. The maximum Gasteiger partial charge on any atom is 0.416 e. The number of alkyl halides is 4. The maximum absolute atomic E-state index is 12.4. The van der Waals surface area contributed by atoms with Crippen LogP contribution in [0.3, 0.4) is 0 Å². The fourth-order valence-corrected chi connectivity index (χ4v) is 2.79. The van der Waals surface area contributed by atoms with E-state index in [-0.39, 0.29) is 4.95 Å². The summed E-state index contributed by atoms with van der Waals surface area (Å²) in [4.78, 5) is 2.33. The van der Waals surface area contributed by atoms with Crippen molar-refractivity contribution in [3.05, 3.63) is 29.8 Å². The van der Waals surface area contributed by atoms with Crippen molar-refractivity contribution < 1.29 is 13.2 Å². The molecule has 94 valence electrons. The zero-order valence-corrected chi connectivity index (χ0v) is 10.8. The standard InChI is InChI=1S/C12H13BrF3N/c13-11-3-1-2-8-17(11)10-6-4-9(5-7-10)12(14,15)16/h4-7,11H,1-3,8H2. The SMILES string of the molecule is FC(F)(F)c1ccc(N2CCCCC2Br)cc1. The molecule has 0 aromatic heterocycles. The highest BCUT2D eigenvalue weighted by atomic mass is 79.9. The molecule has 0 bridgehead atoms. The lowest BCUT2D eigenvalue weighted by Gasteiger charge is -2.34. The van der Waals surface area contributed by atoms with Crippen LogP contribution >= 0.6 is 15.9 Å². The summed E-state index contributed by atoms with van der Waals surface area (Å²) in [5.74, 6) is 0. The highest BCUT2D eigenvalue weighted by molar-refractivity contribution is 9.09. The van der Waals surface area contributed by atoms with Crippen molar-refractivity contribution in [2.45, 2.75) is 30.4 Å². The van der Waals surface area contributed by atoms with E-state index in [0.29, 0.717) is 0 Å². The molecule has 1 heterocycles. The zero-order chi connectivity index (χ0) is 12.5. The van der Waals surface area contributed by atoms with Crippen LogP contribution in [0.2, 0.25) is 0 Å². The predicted molar refractivity (Wildman–Crippen MR) is 65.4 cm³/mol. The molecule has 0 radical (unpaired) electrons. The number of hydrogen-bond acceptors (Lipinski definition) is 1. The molecule has 1 aromatic carbocycles. The third-order valence-electron chi connectivity index (χ3n) is 2.96. The molecule has 0 aliphatic carbocycles. The van der Waals surface area contributed by atoms with Gasteiger partial charge in [-0.05, 0) is 43.5 Å². The fraction of sp³-hybridized carbons (Fsp3) is 0.500. The molecule has 0 N–H and O–H groups in total. The van der Waals surface area contributed by atoms with Crippen molar-refractivity contribution in [2.24, 2.45) is 0 Å². The number of benzene rings is 1. The van der Waals surface area contributed by atoms with Gasteiger partial charge in [-0.15, -0.1) is 0 Å². The molecular formula is C12H13BrF3N. The van der Waals surface area contributed by atoms with Crippen LogP contribution in [0.25, 0.3) is 0 Å². The first-order valence-electron chi connectivity index (χ1n) is 5.56. The molecule has 1 unspecified atom stereocenters. The third kappa shape index (κ3) is 2.94. The molecule has 1 aromatic rings. The van der Waals surface area contributed by atoms with Crippen LogP contribution in [0.1, 0.15) is 24.8 Å². The third-order valence-corrected chi connectivity index (χ3v) is 3.91. The maximum atomic E-state index is 12.4. The minimum absolute atomic E-state index is 0.230. The smallest absolute Gasteiger partial charge is 0.359 e. The highest BCUT2D eigenvalue weighted by Crippen LogP contribution is 2.32. The lowest BCUT2D eigenvalue weighted by atomic mass is 10.1. The summed E-state index contributed by atoms with van der Waals surface area (Å²) in [6.07, 6.45) is -0.981. The average Bonchev–Trinajstić information content (AvgIpc) is 2.29. The minimum atomic E-state index is -4.26. The molecule has 5 heteroatoms. The van der Waals surface area contributed by atoms with Gasteiger partial charge >= 0.3 is 6.18 Å². The van der Waals surface area contributed by atoms with Crippen LogP contribution in [-0.4, -0.2) is 11.5 Å². The number of rotatable bonds is 1. The first kappa shape index (κ1) is 12.7. The molecule has 1 fully saturated rings. The van der Waals surface area contributed by atoms with E-state index >= 15 is 0 Å². The number of piperidine rings is 1. The summed E-state index contributed by atoms with van der Waals surface area (Å²) >= 11 is 3.55. The molecule has 0 saturated carbocycles. The summed E-state index contributed by atoms with van der Waals surface area (Å²) in [6.45, 7) is 0.890. The van der Waals surface area contributed by atoms with Crippen molar-refractivity contribution in [1.82, 2.24) is 0 Å². The van der Waals surface area contributed by atoms with Gasteiger partial charge in [0.25, 0.3) is 0 Å². The van der Waals surface area contributed by atoms with Gasteiger partial charge in [-0.1, -0.05) is 15.9 Å². The van der Waals surface area contributed by atoms with Crippen molar-refractivity contribution in [3.8, 4) is 0 Å². The van der Waals surface area contributed by atoms with Crippen molar-refractivity contribution in [2.75, 3.05) is 11.4 Å². The van der Waals surface area contributed by atoms with Gasteiger partial charge in [-0.25, -0.2) is 0 Å². The summed E-state index contributed by atoms with van der Waals surface area (Å²) < 4.78 is 37.2. The second-order valence-electron chi connectivity index (χ2n) is 4.17. The minimum Gasteiger partial charge on any atom is -0.359 e. The lowest BCUT2D eigenvalue weighted by Crippen LogP contribution is -2.35. The van der Waals surface area contributed by atoms with Crippen molar-refractivity contribution in [3.63, 3.8) is 0 Å². The molecule has 17 heavy (non-hydrogen) atoms. The molecule has 1 saturated heterocycles. The quantitative estimate of drug-likeness (QED) is 0.548. The number of halogens is 4. The second kappa shape index (κ2) is 4.88. The van der Waals surface area contributed by atoms with E-state index in [0.717, 1.165) is 43.6 Å². The van der Waals surface area contributed by atoms with Crippen LogP contribution in [0.15, 0.2) is 24.3 Å². The van der Waals surface area contributed by atoms with Crippen LogP contribution < -0.4 is 4.90 Å². The number of anilines is 1. The van der Waals surface area contributed by atoms with Gasteiger partial charge in [0, 0.05) is 12.2 Å². The molecule has 1 nitrogen and oxygen atoms in total. The van der Waals surface area contributed by atoms with Gasteiger partial charge in [0.05, 0.1) is 10.5 Å². The van der Waals surface area contributed by atoms with Gasteiger partial charge in [0.2, 0.25) is 0 Å². The summed E-state index contributed by atoms with van der Waals surface area (Å²) in [5.41, 5.74) is 0.254. The normalized spacial score (nSPS) is 21.6.